The Bertz CT molecular complexity index is 2040. The van der Waals surface area contributed by atoms with E-state index in [1.807, 2.05) is 121 Å². The summed E-state index contributed by atoms with van der Waals surface area (Å²) in [6.45, 7) is 0. The van der Waals surface area contributed by atoms with Crippen LogP contribution in [0.3, 0.4) is 0 Å². The second-order valence-electron chi connectivity index (χ2n) is 10.8. The van der Waals surface area contributed by atoms with Gasteiger partial charge < -0.3 is 0 Å². The molecule has 230 valence electrons. The van der Waals surface area contributed by atoms with Gasteiger partial charge in [-0.3, -0.25) is 27.9 Å². The van der Waals surface area contributed by atoms with Crippen LogP contribution < -0.4 is 54.3 Å². The lowest BCUT2D eigenvalue weighted by atomic mass is 10.2. The lowest BCUT2D eigenvalue weighted by molar-refractivity contribution is 0.673. The van der Waals surface area contributed by atoms with Gasteiger partial charge in [-0.2, -0.15) is 0 Å². The normalized spacial score (nSPS) is 11.3. The fraction of sp³-hybridized carbons (Fsp3) is 0.111. The Kier molecular flexibility index (Phi) is 8.68. The fourth-order valence-corrected chi connectivity index (χ4v) is 10.8. The highest BCUT2D eigenvalue weighted by atomic mass is 31.1. The average molecular weight is 647 g/mol. The predicted molar refractivity (Wildman–Crippen MR) is 190 cm³/mol. The summed E-state index contributed by atoms with van der Waals surface area (Å²) in [4.78, 5) is 56.5. The predicted octanol–water partition coefficient (Wildman–Crippen LogP) is 1.66. The van der Waals surface area contributed by atoms with Crippen LogP contribution in [-0.4, -0.2) is 18.3 Å². The SMILES string of the molecule is Cn1c(-c2c(P(c3ccccc3)c3ccccc3)c(=O)n(C)c(=O)n2C)c(P(c2ccccc2)c2ccccc2)c(=O)n(C)c1=O. The van der Waals surface area contributed by atoms with Crippen molar-refractivity contribution in [3.63, 3.8) is 0 Å². The third kappa shape index (κ3) is 5.34. The van der Waals surface area contributed by atoms with E-state index < -0.39 is 38.3 Å². The zero-order chi connectivity index (χ0) is 32.5. The van der Waals surface area contributed by atoms with Crippen LogP contribution in [-0.2, 0) is 28.2 Å². The van der Waals surface area contributed by atoms with Gasteiger partial charge in [0, 0.05) is 28.2 Å². The second kappa shape index (κ2) is 12.8. The van der Waals surface area contributed by atoms with E-state index in [2.05, 4.69) is 0 Å². The Balaban J connectivity index is 1.85. The highest BCUT2D eigenvalue weighted by molar-refractivity contribution is 7.80. The first-order valence-electron chi connectivity index (χ1n) is 14.6. The molecule has 0 saturated heterocycles. The third-order valence-electron chi connectivity index (χ3n) is 8.01. The minimum absolute atomic E-state index is 0.263. The summed E-state index contributed by atoms with van der Waals surface area (Å²) in [5, 5.41) is 4.29. The molecule has 6 aromatic rings. The van der Waals surface area contributed by atoms with Gasteiger partial charge in [-0.1, -0.05) is 121 Å². The van der Waals surface area contributed by atoms with Gasteiger partial charge in [0.2, 0.25) is 0 Å². The molecule has 0 radical (unpaired) electrons. The number of hydrogen-bond acceptors (Lipinski definition) is 4. The molecule has 0 unspecified atom stereocenters. The van der Waals surface area contributed by atoms with Crippen molar-refractivity contribution in [1.82, 2.24) is 18.3 Å². The third-order valence-corrected chi connectivity index (χ3v) is 13.0. The number of aromatic nitrogens is 4. The molecule has 8 nitrogen and oxygen atoms in total. The van der Waals surface area contributed by atoms with Gasteiger partial charge in [-0.25, -0.2) is 9.59 Å². The molecule has 0 spiro atoms. The zero-order valence-corrected chi connectivity index (χ0v) is 27.7. The van der Waals surface area contributed by atoms with Crippen LogP contribution in [0.5, 0.6) is 0 Å². The van der Waals surface area contributed by atoms with Crippen molar-refractivity contribution in [3.8, 4) is 11.4 Å². The number of rotatable bonds is 7. The first-order valence-corrected chi connectivity index (χ1v) is 17.3. The van der Waals surface area contributed by atoms with E-state index in [-0.39, 0.29) is 11.4 Å². The molecule has 6 rings (SSSR count). The maximum Gasteiger partial charge on any atom is 0.331 e. The molecule has 0 aliphatic heterocycles. The van der Waals surface area contributed by atoms with Crippen LogP contribution in [0, 0.1) is 0 Å². The highest BCUT2D eigenvalue weighted by Gasteiger charge is 2.34. The van der Waals surface area contributed by atoms with Crippen LogP contribution in [0.1, 0.15) is 0 Å². The molecule has 0 aliphatic carbocycles. The summed E-state index contributed by atoms with van der Waals surface area (Å²) >= 11 is 0. The van der Waals surface area contributed by atoms with Crippen LogP contribution in [0.2, 0.25) is 0 Å². The van der Waals surface area contributed by atoms with E-state index in [0.29, 0.717) is 10.6 Å². The van der Waals surface area contributed by atoms with E-state index in [1.165, 1.54) is 23.2 Å². The van der Waals surface area contributed by atoms with Crippen molar-refractivity contribution < 1.29 is 0 Å². The first-order chi connectivity index (χ1) is 22.2. The van der Waals surface area contributed by atoms with Crippen molar-refractivity contribution in [1.29, 1.82) is 0 Å². The van der Waals surface area contributed by atoms with E-state index >= 15 is 0 Å². The summed E-state index contributed by atoms with van der Waals surface area (Å²) in [7, 11) is 3.04. The standard InChI is InChI=1S/C36H32N4O4P2/c1-37-29(31(33(41)39(3)35(37)43)45(25-17-9-5-10-18-25)26-19-11-6-12-20-26)30-32(34(42)40(4)36(44)38(30)2)46(27-21-13-7-14-22-27)28-23-15-8-16-24-28/h5-24H,1-4H3. The van der Waals surface area contributed by atoms with Gasteiger partial charge in [0.15, 0.2) is 0 Å². The van der Waals surface area contributed by atoms with Crippen LogP contribution in [0.25, 0.3) is 11.4 Å². The Hall–Kier alpha value is -4.90. The van der Waals surface area contributed by atoms with Crippen molar-refractivity contribution in [3.05, 3.63) is 163 Å². The molecule has 10 heteroatoms. The van der Waals surface area contributed by atoms with Crippen molar-refractivity contribution in [2.45, 2.75) is 0 Å². The quantitative estimate of drug-likeness (QED) is 0.247. The van der Waals surface area contributed by atoms with Crippen LogP contribution in [0.4, 0.5) is 0 Å². The number of nitrogens with zero attached hydrogens (tertiary/aromatic N) is 4. The minimum atomic E-state index is -1.55. The first kappa shape index (κ1) is 31.1. The molecule has 0 bridgehead atoms. The van der Waals surface area contributed by atoms with E-state index in [4.69, 9.17) is 0 Å². The van der Waals surface area contributed by atoms with Gasteiger partial charge in [0.25, 0.3) is 11.1 Å². The minimum Gasteiger partial charge on any atom is -0.294 e. The van der Waals surface area contributed by atoms with Gasteiger partial charge >= 0.3 is 11.4 Å². The number of benzene rings is 4. The molecule has 0 amide bonds. The fourth-order valence-electron chi connectivity index (χ4n) is 5.72. The lowest BCUT2D eigenvalue weighted by Crippen LogP contribution is -2.52. The summed E-state index contributed by atoms with van der Waals surface area (Å²) < 4.78 is 5.05. The Morgan fingerprint density at radius 2 is 0.609 bits per heavy atom. The topological polar surface area (TPSA) is 88.0 Å². The van der Waals surface area contributed by atoms with Gasteiger partial charge in [0.05, 0.1) is 22.0 Å². The average Bonchev–Trinajstić information content (AvgIpc) is 3.10. The lowest BCUT2D eigenvalue weighted by Gasteiger charge is -2.28. The summed E-state index contributed by atoms with van der Waals surface area (Å²) in [5.74, 6) is 0. The smallest absolute Gasteiger partial charge is 0.294 e. The van der Waals surface area contributed by atoms with Crippen molar-refractivity contribution in [2.75, 3.05) is 0 Å². The van der Waals surface area contributed by atoms with E-state index in [1.54, 1.807) is 14.1 Å². The van der Waals surface area contributed by atoms with E-state index in [9.17, 15) is 19.2 Å². The Labute approximate surface area is 268 Å². The summed E-state index contributed by atoms with van der Waals surface area (Å²) in [5.41, 5.74) is -1.53. The molecular weight excluding hydrogens is 614 g/mol. The molecule has 4 aromatic carbocycles. The van der Waals surface area contributed by atoms with Crippen LogP contribution in [0.15, 0.2) is 141 Å². The number of hydrogen-bond donors (Lipinski definition) is 0. The molecule has 0 saturated carbocycles. The maximum absolute atomic E-state index is 14.5. The molecule has 0 aliphatic rings. The summed E-state index contributed by atoms with van der Waals surface area (Å²) in [6.07, 6.45) is 0. The zero-order valence-electron chi connectivity index (χ0n) is 25.9. The maximum atomic E-state index is 14.5. The molecule has 0 N–H and O–H groups in total. The molecule has 2 aromatic heterocycles. The van der Waals surface area contributed by atoms with Gasteiger partial charge in [-0.05, 0) is 37.1 Å². The molecule has 2 heterocycles. The Morgan fingerprint density at radius 1 is 0.370 bits per heavy atom. The van der Waals surface area contributed by atoms with Crippen molar-refractivity contribution in [2.24, 2.45) is 28.2 Å². The van der Waals surface area contributed by atoms with Gasteiger partial charge in [-0.15, -0.1) is 0 Å². The molecule has 0 atom stereocenters. The Morgan fingerprint density at radius 3 is 0.848 bits per heavy atom. The second-order valence-corrected chi connectivity index (χ2v) is 15.1. The highest BCUT2D eigenvalue weighted by Crippen LogP contribution is 2.38. The summed E-state index contributed by atoms with van der Waals surface area (Å²) in [6, 6.07) is 38.8. The largest absolute Gasteiger partial charge is 0.331 e. The molecule has 0 fully saturated rings. The van der Waals surface area contributed by atoms with Gasteiger partial charge in [0.1, 0.15) is 0 Å². The van der Waals surface area contributed by atoms with Crippen LogP contribution >= 0.6 is 15.8 Å². The van der Waals surface area contributed by atoms with Crippen molar-refractivity contribution >= 4 is 47.7 Å². The molecular formula is C36H32N4O4P2. The van der Waals surface area contributed by atoms with E-state index in [0.717, 1.165) is 30.4 Å². The molecule has 46 heavy (non-hydrogen) atoms. The monoisotopic (exact) mass is 646 g/mol.